The Morgan fingerprint density at radius 3 is 2.65 bits per heavy atom. The predicted octanol–water partition coefficient (Wildman–Crippen LogP) is 3.53. The molecule has 0 amide bonds. The SMILES string of the molecule is COc1ccc(OCc2cc(Cl)ccc2F)c(CN)c1. The highest BCUT2D eigenvalue weighted by Gasteiger charge is 2.08. The Balaban J connectivity index is 2.16. The van der Waals surface area contributed by atoms with Gasteiger partial charge < -0.3 is 15.2 Å². The van der Waals surface area contributed by atoms with Gasteiger partial charge in [0.2, 0.25) is 0 Å². The van der Waals surface area contributed by atoms with E-state index in [4.69, 9.17) is 26.8 Å². The van der Waals surface area contributed by atoms with Crippen LogP contribution < -0.4 is 15.2 Å². The van der Waals surface area contributed by atoms with Crippen molar-refractivity contribution in [3.8, 4) is 11.5 Å². The molecule has 0 aliphatic carbocycles. The largest absolute Gasteiger partial charge is 0.497 e. The van der Waals surface area contributed by atoms with E-state index in [0.29, 0.717) is 28.6 Å². The normalized spacial score (nSPS) is 10.4. The predicted molar refractivity (Wildman–Crippen MR) is 76.6 cm³/mol. The van der Waals surface area contributed by atoms with Gasteiger partial charge in [0.25, 0.3) is 0 Å². The van der Waals surface area contributed by atoms with Crippen LogP contribution >= 0.6 is 11.6 Å². The third-order valence-electron chi connectivity index (χ3n) is 2.88. The van der Waals surface area contributed by atoms with Gasteiger partial charge in [-0.25, -0.2) is 4.39 Å². The van der Waals surface area contributed by atoms with Crippen LogP contribution in [0.1, 0.15) is 11.1 Å². The Kier molecular flexibility index (Phi) is 4.82. The number of nitrogens with two attached hydrogens (primary N) is 1. The van der Waals surface area contributed by atoms with Crippen LogP contribution in [0.2, 0.25) is 5.02 Å². The van der Waals surface area contributed by atoms with Gasteiger partial charge in [0.1, 0.15) is 23.9 Å². The Hall–Kier alpha value is -1.78. The quantitative estimate of drug-likeness (QED) is 0.918. The summed E-state index contributed by atoms with van der Waals surface area (Å²) in [6.45, 7) is 0.399. The molecule has 0 fully saturated rings. The van der Waals surface area contributed by atoms with E-state index in [-0.39, 0.29) is 12.4 Å². The summed E-state index contributed by atoms with van der Waals surface area (Å²) in [7, 11) is 1.58. The molecule has 0 spiro atoms. The van der Waals surface area contributed by atoms with Crippen LogP contribution in [0.3, 0.4) is 0 Å². The standard InChI is InChI=1S/C15H15ClFNO2/c1-19-13-3-5-15(10(7-13)8-18)20-9-11-6-12(16)2-4-14(11)17/h2-7H,8-9,18H2,1H3. The van der Waals surface area contributed by atoms with Gasteiger partial charge in [-0.3, -0.25) is 0 Å². The lowest BCUT2D eigenvalue weighted by Crippen LogP contribution is -2.04. The highest BCUT2D eigenvalue weighted by Crippen LogP contribution is 2.25. The zero-order valence-electron chi connectivity index (χ0n) is 11.0. The fourth-order valence-electron chi connectivity index (χ4n) is 1.79. The Morgan fingerprint density at radius 2 is 1.95 bits per heavy atom. The second-order valence-corrected chi connectivity index (χ2v) is 4.64. The molecule has 5 heteroatoms. The van der Waals surface area contributed by atoms with Crippen molar-refractivity contribution in [2.45, 2.75) is 13.2 Å². The maximum atomic E-state index is 13.6. The summed E-state index contributed by atoms with van der Waals surface area (Å²) in [4.78, 5) is 0. The fourth-order valence-corrected chi connectivity index (χ4v) is 1.99. The highest BCUT2D eigenvalue weighted by molar-refractivity contribution is 6.30. The summed E-state index contributed by atoms with van der Waals surface area (Å²) in [6, 6.07) is 9.68. The number of methoxy groups -OCH3 is 1. The molecule has 3 nitrogen and oxygen atoms in total. The van der Waals surface area contributed by atoms with E-state index >= 15 is 0 Å². The van der Waals surface area contributed by atoms with Crippen LogP contribution in [-0.4, -0.2) is 7.11 Å². The summed E-state index contributed by atoms with van der Waals surface area (Å²) in [6.07, 6.45) is 0. The summed E-state index contributed by atoms with van der Waals surface area (Å²) < 4.78 is 24.3. The molecular formula is C15H15ClFNO2. The van der Waals surface area contributed by atoms with Gasteiger partial charge in [0, 0.05) is 22.7 Å². The third kappa shape index (κ3) is 3.40. The van der Waals surface area contributed by atoms with E-state index in [1.165, 1.54) is 12.1 Å². The van der Waals surface area contributed by atoms with Gasteiger partial charge in [-0.05, 0) is 36.4 Å². The second kappa shape index (κ2) is 6.59. The molecule has 2 rings (SSSR count). The fraction of sp³-hybridized carbons (Fsp3) is 0.200. The van der Waals surface area contributed by atoms with Crippen LogP contribution in [0.25, 0.3) is 0 Å². The monoisotopic (exact) mass is 295 g/mol. The summed E-state index contributed by atoms with van der Waals surface area (Å²) in [5, 5.41) is 0.471. The van der Waals surface area contributed by atoms with Crippen LogP contribution in [0.15, 0.2) is 36.4 Å². The van der Waals surface area contributed by atoms with E-state index in [0.717, 1.165) is 5.56 Å². The van der Waals surface area contributed by atoms with E-state index in [2.05, 4.69) is 0 Å². The number of halogens is 2. The molecule has 2 N–H and O–H groups in total. The molecule has 0 aliphatic rings. The maximum absolute atomic E-state index is 13.6. The van der Waals surface area contributed by atoms with Gasteiger partial charge in [0.05, 0.1) is 7.11 Å². The maximum Gasteiger partial charge on any atom is 0.129 e. The smallest absolute Gasteiger partial charge is 0.129 e. The zero-order valence-corrected chi connectivity index (χ0v) is 11.8. The molecule has 0 heterocycles. The van der Waals surface area contributed by atoms with Gasteiger partial charge in [-0.2, -0.15) is 0 Å². The third-order valence-corrected chi connectivity index (χ3v) is 3.11. The number of rotatable bonds is 5. The second-order valence-electron chi connectivity index (χ2n) is 4.20. The van der Waals surface area contributed by atoms with E-state index in [9.17, 15) is 4.39 Å². The minimum Gasteiger partial charge on any atom is -0.497 e. The van der Waals surface area contributed by atoms with Crippen molar-refractivity contribution in [3.05, 3.63) is 58.4 Å². The average Bonchev–Trinajstić information content (AvgIpc) is 2.48. The lowest BCUT2D eigenvalue weighted by molar-refractivity contribution is 0.296. The minimum atomic E-state index is -0.350. The Bertz CT molecular complexity index is 604. The molecule has 0 unspecified atom stereocenters. The van der Waals surface area contributed by atoms with Gasteiger partial charge >= 0.3 is 0 Å². The van der Waals surface area contributed by atoms with Crippen LogP contribution in [-0.2, 0) is 13.2 Å². The molecule has 0 saturated heterocycles. The average molecular weight is 296 g/mol. The molecule has 0 radical (unpaired) electrons. The van der Waals surface area contributed by atoms with Crippen molar-refractivity contribution in [1.82, 2.24) is 0 Å². The lowest BCUT2D eigenvalue weighted by Gasteiger charge is -2.12. The Morgan fingerprint density at radius 1 is 1.15 bits per heavy atom. The molecule has 0 aliphatic heterocycles. The summed E-state index contributed by atoms with van der Waals surface area (Å²) in [5.41, 5.74) is 6.86. The Labute approximate surface area is 122 Å². The molecule has 0 bridgehead atoms. The molecule has 0 aromatic heterocycles. The highest BCUT2D eigenvalue weighted by atomic mass is 35.5. The molecule has 0 saturated carbocycles. The van der Waals surface area contributed by atoms with Crippen molar-refractivity contribution >= 4 is 11.6 Å². The molecule has 2 aromatic rings. The molecule has 0 atom stereocenters. The summed E-state index contributed by atoms with van der Waals surface area (Å²) >= 11 is 5.84. The van der Waals surface area contributed by atoms with Crippen molar-refractivity contribution in [3.63, 3.8) is 0 Å². The first-order valence-electron chi connectivity index (χ1n) is 6.07. The van der Waals surface area contributed by atoms with Gasteiger partial charge in [0.15, 0.2) is 0 Å². The number of hydrogen-bond acceptors (Lipinski definition) is 3. The van der Waals surface area contributed by atoms with Crippen molar-refractivity contribution < 1.29 is 13.9 Å². The van der Waals surface area contributed by atoms with E-state index < -0.39 is 0 Å². The van der Waals surface area contributed by atoms with Crippen LogP contribution in [0.4, 0.5) is 4.39 Å². The first-order chi connectivity index (χ1) is 9.63. The zero-order chi connectivity index (χ0) is 14.5. The summed E-state index contributed by atoms with van der Waals surface area (Å²) in [5.74, 6) is 0.955. The molecule has 106 valence electrons. The van der Waals surface area contributed by atoms with E-state index in [1.54, 1.807) is 31.4 Å². The first kappa shape index (κ1) is 14.6. The number of benzene rings is 2. The van der Waals surface area contributed by atoms with Crippen molar-refractivity contribution in [1.29, 1.82) is 0 Å². The lowest BCUT2D eigenvalue weighted by atomic mass is 10.2. The molecule has 2 aromatic carbocycles. The first-order valence-corrected chi connectivity index (χ1v) is 6.45. The number of ether oxygens (including phenoxy) is 2. The molecule has 20 heavy (non-hydrogen) atoms. The topological polar surface area (TPSA) is 44.5 Å². The minimum absolute atomic E-state index is 0.0890. The van der Waals surface area contributed by atoms with Crippen LogP contribution in [0.5, 0.6) is 11.5 Å². The van der Waals surface area contributed by atoms with Crippen LogP contribution in [0, 0.1) is 5.82 Å². The number of hydrogen-bond donors (Lipinski definition) is 1. The molecular weight excluding hydrogens is 281 g/mol. The van der Waals surface area contributed by atoms with E-state index in [1.807, 2.05) is 0 Å². The van der Waals surface area contributed by atoms with Crippen molar-refractivity contribution in [2.75, 3.05) is 7.11 Å². The van der Waals surface area contributed by atoms with Gasteiger partial charge in [-0.1, -0.05) is 11.6 Å². The van der Waals surface area contributed by atoms with Crippen molar-refractivity contribution in [2.24, 2.45) is 5.73 Å². The van der Waals surface area contributed by atoms with Gasteiger partial charge in [-0.15, -0.1) is 0 Å².